The summed E-state index contributed by atoms with van der Waals surface area (Å²) in [6.45, 7) is 0. The van der Waals surface area contributed by atoms with Gasteiger partial charge >= 0.3 is 0 Å². The minimum Gasteiger partial charge on any atom is -0.360 e. The molecule has 3 heteroatoms. The van der Waals surface area contributed by atoms with Crippen molar-refractivity contribution in [3.05, 3.63) is 35.2 Å². The second-order valence-electron chi connectivity index (χ2n) is 6.73. The van der Waals surface area contributed by atoms with Gasteiger partial charge in [-0.05, 0) is 61.8 Å². The molecule has 2 N–H and O–H groups in total. The standard InChI is InChI=1S/C19H25N3/c1-2-7-14(8-3-1)21-13-18-15-9-4-5-10-16(15)19(22-18)17-11-6-12-20-17/h6,11-14,20,22H,1-5,7-10H2. The van der Waals surface area contributed by atoms with Crippen LogP contribution in [0, 0.1) is 0 Å². The zero-order chi connectivity index (χ0) is 14.8. The largest absolute Gasteiger partial charge is 0.360 e. The predicted molar refractivity (Wildman–Crippen MR) is 91.7 cm³/mol. The molecule has 2 heterocycles. The number of hydrogen-bond acceptors (Lipinski definition) is 1. The summed E-state index contributed by atoms with van der Waals surface area (Å²) in [6, 6.07) is 4.77. The molecule has 2 aliphatic carbocycles. The Kier molecular flexibility index (Phi) is 3.88. The molecule has 2 aromatic heterocycles. The maximum absolute atomic E-state index is 4.89. The van der Waals surface area contributed by atoms with Crippen LogP contribution in [0.15, 0.2) is 23.3 Å². The van der Waals surface area contributed by atoms with Crippen molar-refractivity contribution >= 4 is 6.21 Å². The van der Waals surface area contributed by atoms with E-state index in [-0.39, 0.29) is 0 Å². The van der Waals surface area contributed by atoms with E-state index in [0.29, 0.717) is 6.04 Å². The highest BCUT2D eigenvalue weighted by Gasteiger charge is 2.21. The fourth-order valence-electron chi connectivity index (χ4n) is 4.00. The predicted octanol–water partition coefficient (Wildman–Crippen LogP) is 4.64. The van der Waals surface area contributed by atoms with Gasteiger partial charge in [-0.1, -0.05) is 19.3 Å². The Morgan fingerprint density at radius 1 is 1.00 bits per heavy atom. The molecule has 0 aromatic carbocycles. The van der Waals surface area contributed by atoms with Crippen LogP contribution in [0.1, 0.15) is 61.8 Å². The Hall–Kier alpha value is -1.77. The van der Waals surface area contributed by atoms with Gasteiger partial charge in [-0.2, -0.15) is 0 Å². The second-order valence-corrected chi connectivity index (χ2v) is 6.73. The summed E-state index contributed by atoms with van der Waals surface area (Å²) < 4.78 is 0. The summed E-state index contributed by atoms with van der Waals surface area (Å²) in [5, 5.41) is 0. The molecule has 0 radical (unpaired) electrons. The van der Waals surface area contributed by atoms with Crippen LogP contribution in [0.3, 0.4) is 0 Å². The van der Waals surface area contributed by atoms with Gasteiger partial charge in [-0.3, -0.25) is 4.99 Å². The Morgan fingerprint density at radius 2 is 1.82 bits per heavy atom. The van der Waals surface area contributed by atoms with Crippen molar-refractivity contribution in [1.82, 2.24) is 9.97 Å². The lowest BCUT2D eigenvalue weighted by Gasteiger charge is -2.17. The number of rotatable bonds is 3. The summed E-state index contributed by atoms with van der Waals surface area (Å²) >= 11 is 0. The molecule has 116 valence electrons. The fraction of sp³-hybridized carbons (Fsp3) is 0.526. The molecule has 0 bridgehead atoms. The second kappa shape index (κ2) is 6.15. The van der Waals surface area contributed by atoms with Crippen molar-refractivity contribution < 1.29 is 0 Å². The number of nitrogens with one attached hydrogen (secondary N) is 2. The lowest BCUT2D eigenvalue weighted by Crippen LogP contribution is -2.10. The van der Waals surface area contributed by atoms with E-state index >= 15 is 0 Å². The van der Waals surface area contributed by atoms with Crippen LogP contribution in [0.25, 0.3) is 11.4 Å². The molecule has 22 heavy (non-hydrogen) atoms. The summed E-state index contributed by atoms with van der Waals surface area (Å²) in [6.07, 6.45) is 15.7. The maximum atomic E-state index is 4.89. The number of aliphatic imine (C=N–C) groups is 1. The number of aromatic amines is 2. The van der Waals surface area contributed by atoms with Gasteiger partial charge in [0.05, 0.1) is 23.1 Å². The van der Waals surface area contributed by atoms with Gasteiger partial charge in [-0.25, -0.2) is 0 Å². The molecular weight excluding hydrogens is 270 g/mol. The van der Waals surface area contributed by atoms with Crippen molar-refractivity contribution in [2.45, 2.75) is 63.8 Å². The summed E-state index contributed by atoms with van der Waals surface area (Å²) in [5.41, 5.74) is 6.76. The smallest absolute Gasteiger partial charge is 0.0659 e. The first-order chi connectivity index (χ1) is 10.9. The van der Waals surface area contributed by atoms with E-state index in [9.17, 15) is 0 Å². The van der Waals surface area contributed by atoms with E-state index in [1.165, 1.54) is 86.0 Å². The highest BCUT2D eigenvalue weighted by Crippen LogP contribution is 2.32. The number of nitrogens with zero attached hydrogens (tertiary/aromatic N) is 1. The third kappa shape index (κ3) is 2.65. The monoisotopic (exact) mass is 295 g/mol. The molecule has 0 aliphatic heterocycles. The van der Waals surface area contributed by atoms with E-state index in [1.807, 2.05) is 6.20 Å². The van der Waals surface area contributed by atoms with Crippen LogP contribution in [-0.2, 0) is 12.8 Å². The van der Waals surface area contributed by atoms with Gasteiger partial charge in [-0.15, -0.1) is 0 Å². The van der Waals surface area contributed by atoms with E-state index in [1.54, 1.807) is 0 Å². The van der Waals surface area contributed by atoms with Crippen LogP contribution in [-0.4, -0.2) is 22.2 Å². The van der Waals surface area contributed by atoms with Gasteiger partial charge in [0.15, 0.2) is 0 Å². The minimum atomic E-state index is 0.547. The Balaban J connectivity index is 1.65. The summed E-state index contributed by atoms with van der Waals surface area (Å²) in [7, 11) is 0. The van der Waals surface area contributed by atoms with E-state index in [2.05, 4.69) is 28.3 Å². The molecule has 0 unspecified atom stereocenters. The molecule has 4 rings (SSSR count). The first-order valence-electron chi connectivity index (χ1n) is 8.82. The lowest BCUT2D eigenvalue weighted by molar-refractivity contribution is 0.444. The number of hydrogen-bond donors (Lipinski definition) is 2. The molecule has 2 aromatic rings. The van der Waals surface area contributed by atoms with Crippen molar-refractivity contribution in [2.75, 3.05) is 0 Å². The zero-order valence-corrected chi connectivity index (χ0v) is 13.2. The minimum absolute atomic E-state index is 0.547. The molecule has 0 atom stereocenters. The zero-order valence-electron chi connectivity index (χ0n) is 13.2. The van der Waals surface area contributed by atoms with Crippen LogP contribution in [0.2, 0.25) is 0 Å². The number of fused-ring (bicyclic) bond motifs is 1. The average Bonchev–Trinajstić information content (AvgIpc) is 3.22. The van der Waals surface area contributed by atoms with Crippen LogP contribution < -0.4 is 0 Å². The molecule has 1 fully saturated rings. The normalized spacial score (nSPS) is 19.6. The molecule has 0 amide bonds. The van der Waals surface area contributed by atoms with Gasteiger partial charge < -0.3 is 9.97 Å². The van der Waals surface area contributed by atoms with Gasteiger partial charge in [0.1, 0.15) is 0 Å². The highest BCUT2D eigenvalue weighted by atomic mass is 14.8. The fourth-order valence-corrected chi connectivity index (χ4v) is 4.00. The summed E-state index contributed by atoms with van der Waals surface area (Å²) in [5.74, 6) is 0. The van der Waals surface area contributed by atoms with Gasteiger partial charge in [0.25, 0.3) is 0 Å². The quantitative estimate of drug-likeness (QED) is 0.775. The number of H-pyrrole nitrogens is 2. The summed E-state index contributed by atoms with van der Waals surface area (Å²) in [4.78, 5) is 11.9. The number of aromatic nitrogens is 2. The Bertz CT molecular complexity index is 643. The maximum Gasteiger partial charge on any atom is 0.0659 e. The first-order valence-corrected chi connectivity index (χ1v) is 8.82. The molecule has 0 saturated heterocycles. The van der Waals surface area contributed by atoms with Crippen LogP contribution >= 0.6 is 0 Å². The van der Waals surface area contributed by atoms with Gasteiger partial charge in [0.2, 0.25) is 0 Å². The molecule has 0 spiro atoms. The average molecular weight is 295 g/mol. The van der Waals surface area contributed by atoms with Crippen LogP contribution in [0.5, 0.6) is 0 Å². The van der Waals surface area contributed by atoms with Crippen molar-refractivity contribution in [3.8, 4) is 11.4 Å². The SMILES string of the molecule is C(=NC1CCCCC1)c1[nH]c(-c2ccc[nH]2)c2c1CCCC2. The highest BCUT2D eigenvalue weighted by molar-refractivity contribution is 5.83. The third-order valence-corrected chi connectivity index (χ3v) is 5.21. The topological polar surface area (TPSA) is 43.9 Å². The first kappa shape index (κ1) is 13.9. The van der Waals surface area contributed by atoms with E-state index in [0.717, 1.165) is 0 Å². The van der Waals surface area contributed by atoms with Crippen molar-refractivity contribution in [1.29, 1.82) is 0 Å². The molecule has 2 aliphatic rings. The Labute approximate surface area is 132 Å². The lowest BCUT2D eigenvalue weighted by atomic mass is 9.91. The molecule has 1 saturated carbocycles. The third-order valence-electron chi connectivity index (χ3n) is 5.21. The van der Waals surface area contributed by atoms with E-state index < -0.39 is 0 Å². The van der Waals surface area contributed by atoms with Crippen LogP contribution in [0.4, 0.5) is 0 Å². The Morgan fingerprint density at radius 3 is 2.59 bits per heavy atom. The molecular formula is C19H25N3. The van der Waals surface area contributed by atoms with Gasteiger partial charge in [0, 0.05) is 12.4 Å². The van der Waals surface area contributed by atoms with Crippen molar-refractivity contribution in [3.63, 3.8) is 0 Å². The van der Waals surface area contributed by atoms with E-state index in [4.69, 9.17) is 4.99 Å². The van der Waals surface area contributed by atoms with Crippen molar-refractivity contribution in [2.24, 2.45) is 4.99 Å². The molecule has 3 nitrogen and oxygen atoms in total.